The molecule has 1 aliphatic rings. The van der Waals surface area contributed by atoms with Crippen LogP contribution >= 0.6 is 0 Å². The first-order valence-electron chi connectivity index (χ1n) is 6.32. The van der Waals surface area contributed by atoms with E-state index in [0.29, 0.717) is 0 Å². The van der Waals surface area contributed by atoms with E-state index in [2.05, 4.69) is 72.2 Å². The minimum Gasteiger partial charge on any atom is -0.366 e. The molecule has 0 radical (unpaired) electrons. The van der Waals surface area contributed by atoms with Gasteiger partial charge in [-0.25, -0.2) is 0 Å². The molecule has 0 atom stereocenters. The minimum atomic E-state index is 0.929. The maximum atomic E-state index is 3.29. The van der Waals surface area contributed by atoms with Crippen molar-refractivity contribution in [3.05, 3.63) is 65.2 Å². The van der Waals surface area contributed by atoms with Gasteiger partial charge in [-0.2, -0.15) is 0 Å². The normalized spacial score (nSPS) is 12.6. The predicted octanol–water partition coefficient (Wildman–Crippen LogP) is 3.43. The van der Waals surface area contributed by atoms with Gasteiger partial charge in [0.25, 0.3) is 0 Å². The number of anilines is 1. The van der Waals surface area contributed by atoms with Crippen molar-refractivity contribution in [2.75, 3.05) is 11.4 Å². The first kappa shape index (κ1) is 10.9. The van der Waals surface area contributed by atoms with Crippen LogP contribution < -0.4 is 4.90 Å². The van der Waals surface area contributed by atoms with E-state index in [4.69, 9.17) is 0 Å². The smallest absolute Gasteiger partial charge is 0.0528 e. The summed E-state index contributed by atoms with van der Waals surface area (Å²) in [5.41, 5.74) is 4.81. The summed E-state index contributed by atoms with van der Waals surface area (Å²) in [5, 5.41) is 0. The van der Waals surface area contributed by atoms with Crippen molar-refractivity contribution in [2.45, 2.75) is 13.5 Å². The molecular weight excluding hydrogens is 218 g/mol. The number of rotatable bonds is 1. The lowest BCUT2D eigenvalue weighted by molar-refractivity contribution is 0.828. The Morgan fingerprint density at radius 3 is 2.44 bits per heavy atom. The third-order valence-corrected chi connectivity index (χ3v) is 3.34. The Balaban J connectivity index is 2.19. The summed E-state index contributed by atoms with van der Waals surface area (Å²) < 4.78 is 0. The van der Waals surface area contributed by atoms with Crippen LogP contribution in [-0.4, -0.2) is 6.54 Å². The van der Waals surface area contributed by atoms with Crippen LogP contribution in [0.5, 0.6) is 0 Å². The quantitative estimate of drug-likeness (QED) is 0.682. The van der Waals surface area contributed by atoms with Gasteiger partial charge in [0, 0.05) is 24.2 Å². The van der Waals surface area contributed by atoms with E-state index in [1.807, 2.05) is 0 Å². The van der Waals surface area contributed by atoms with Gasteiger partial charge >= 0.3 is 0 Å². The molecule has 2 aromatic rings. The Morgan fingerprint density at radius 2 is 1.61 bits per heavy atom. The fourth-order valence-corrected chi connectivity index (χ4v) is 2.34. The second kappa shape index (κ2) is 4.58. The molecular formula is C17H15N. The summed E-state index contributed by atoms with van der Waals surface area (Å²) in [5.74, 6) is 6.58. The van der Waals surface area contributed by atoms with Crippen LogP contribution in [0.25, 0.3) is 0 Å². The topological polar surface area (TPSA) is 3.24 Å². The maximum absolute atomic E-state index is 3.29. The average Bonchev–Trinajstić information content (AvgIpc) is 2.41. The highest BCUT2D eigenvalue weighted by atomic mass is 15.1. The van der Waals surface area contributed by atoms with Crippen molar-refractivity contribution < 1.29 is 0 Å². The number of nitrogens with zero attached hydrogens (tertiary/aromatic N) is 1. The highest BCUT2D eigenvalue weighted by molar-refractivity contribution is 5.64. The second-order valence-electron chi connectivity index (χ2n) is 4.44. The minimum absolute atomic E-state index is 0.929. The fraction of sp³-hybridized carbons (Fsp3) is 0.176. The molecule has 1 nitrogen and oxygen atoms in total. The van der Waals surface area contributed by atoms with E-state index >= 15 is 0 Å². The fourth-order valence-electron chi connectivity index (χ4n) is 2.34. The largest absolute Gasteiger partial charge is 0.366 e. The molecule has 18 heavy (non-hydrogen) atoms. The average molecular weight is 233 g/mol. The molecule has 0 N–H and O–H groups in total. The summed E-state index contributed by atoms with van der Waals surface area (Å²) in [6.07, 6.45) is 0. The lowest BCUT2D eigenvalue weighted by Crippen LogP contribution is -2.24. The SMILES string of the molecule is CCN1Cc2ccccc2C#Cc2ccccc21. The highest BCUT2D eigenvalue weighted by Gasteiger charge is 2.12. The maximum Gasteiger partial charge on any atom is 0.0528 e. The van der Waals surface area contributed by atoms with Crippen LogP contribution in [0.1, 0.15) is 23.6 Å². The van der Waals surface area contributed by atoms with Crippen molar-refractivity contribution in [2.24, 2.45) is 0 Å². The Bertz CT molecular complexity index is 631. The van der Waals surface area contributed by atoms with Gasteiger partial charge in [0.2, 0.25) is 0 Å². The molecule has 1 heteroatoms. The van der Waals surface area contributed by atoms with Gasteiger partial charge in [-0.1, -0.05) is 42.2 Å². The Kier molecular flexibility index (Phi) is 2.78. The Labute approximate surface area is 108 Å². The molecule has 0 spiro atoms. The molecule has 2 aromatic carbocycles. The van der Waals surface area contributed by atoms with E-state index in [9.17, 15) is 0 Å². The summed E-state index contributed by atoms with van der Waals surface area (Å²) in [6.45, 7) is 4.11. The molecule has 0 saturated heterocycles. The first-order valence-corrected chi connectivity index (χ1v) is 6.32. The van der Waals surface area contributed by atoms with E-state index in [1.54, 1.807) is 0 Å². The summed E-state index contributed by atoms with van der Waals surface area (Å²) in [4.78, 5) is 2.38. The second-order valence-corrected chi connectivity index (χ2v) is 4.44. The highest BCUT2D eigenvalue weighted by Crippen LogP contribution is 2.24. The van der Waals surface area contributed by atoms with Crippen LogP contribution in [0.2, 0.25) is 0 Å². The van der Waals surface area contributed by atoms with Crippen molar-refractivity contribution in [1.82, 2.24) is 0 Å². The van der Waals surface area contributed by atoms with Crippen LogP contribution in [0.15, 0.2) is 48.5 Å². The lowest BCUT2D eigenvalue weighted by Gasteiger charge is -2.26. The molecule has 88 valence electrons. The van der Waals surface area contributed by atoms with Crippen LogP contribution in [0, 0.1) is 11.8 Å². The lowest BCUT2D eigenvalue weighted by atomic mass is 10.0. The van der Waals surface area contributed by atoms with Crippen molar-refractivity contribution in [3.8, 4) is 11.8 Å². The molecule has 1 heterocycles. The van der Waals surface area contributed by atoms with Gasteiger partial charge in [-0.15, -0.1) is 0 Å². The molecule has 0 aromatic heterocycles. The van der Waals surface area contributed by atoms with Crippen molar-refractivity contribution in [3.63, 3.8) is 0 Å². The van der Waals surface area contributed by atoms with Gasteiger partial charge in [-0.05, 0) is 30.7 Å². The summed E-state index contributed by atoms with van der Waals surface area (Å²) in [6, 6.07) is 16.8. The third-order valence-electron chi connectivity index (χ3n) is 3.34. The Morgan fingerprint density at radius 1 is 0.944 bits per heavy atom. The Hall–Kier alpha value is -2.20. The van der Waals surface area contributed by atoms with E-state index in [-0.39, 0.29) is 0 Å². The van der Waals surface area contributed by atoms with Crippen molar-refractivity contribution in [1.29, 1.82) is 0 Å². The molecule has 0 bridgehead atoms. The molecule has 0 saturated carbocycles. The predicted molar refractivity (Wildman–Crippen MR) is 75.6 cm³/mol. The van der Waals surface area contributed by atoms with Crippen LogP contribution in [-0.2, 0) is 6.54 Å². The number of hydrogen-bond donors (Lipinski definition) is 0. The van der Waals surface area contributed by atoms with Crippen LogP contribution in [0.4, 0.5) is 5.69 Å². The molecule has 0 fully saturated rings. The molecule has 0 unspecified atom stereocenters. The van der Waals surface area contributed by atoms with Gasteiger partial charge in [-0.3, -0.25) is 0 Å². The molecule has 1 aliphatic heterocycles. The number of benzene rings is 2. The zero-order valence-electron chi connectivity index (χ0n) is 10.5. The van der Waals surface area contributed by atoms with Gasteiger partial charge in [0.1, 0.15) is 0 Å². The van der Waals surface area contributed by atoms with Gasteiger partial charge in [0.05, 0.1) is 5.69 Å². The first-order chi connectivity index (χ1) is 8.88. The number of para-hydroxylation sites is 1. The third kappa shape index (κ3) is 1.87. The van der Waals surface area contributed by atoms with Crippen molar-refractivity contribution >= 4 is 5.69 Å². The zero-order chi connectivity index (χ0) is 12.4. The molecule has 0 amide bonds. The standard InChI is InChI=1S/C17H15N/c1-2-18-13-16-9-4-3-7-14(16)11-12-15-8-5-6-10-17(15)18/h3-10H,2,13H2,1H3. The summed E-state index contributed by atoms with van der Waals surface area (Å²) >= 11 is 0. The van der Waals surface area contributed by atoms with E-state index in [0.717, 1.165) is 24.2 Å². The summed E-state index contributed by atoms with van der Waals surface area (Å²) in [7, 11) is 0. The van der Waals surface area contributed by atoms with Crippen LogP contribution in [0.3, 0.4) is 0 Å². The number of fused-ring (bicyclic) bond motifs is 2. The van der Waals surface area contributed by atoms with E-state index in [1.165, 1.54) is 11.3 Å². The molecule has 0 aliphatic carbocycles. The van der Waals surface area contributed by atoms with Gasteiger partial charge in [0.15, 0.2) is 0 Å². The zero-order valence-corrected chi connectivity index (χ0v) is 10.5. The monoisotopic (exact) mass is 233 g/mol. The van der Waals surface area contributed by atoms with Gasteiger partial charge < -0.3 is 4.90 Å². The number of hydrogen-bond acceptors (Lipinski definition) is 1. The molecule has 3 rings (SSSR count). The van der Waals surface area contributed by atoms with E-state index < -0.39 is 0 Å².